The van der Waals surface area contributed by atoms with Crippen molar-refractivity contribution in [3.63, 3.8) is 0 Å². The first kappa shape index (κ1) is 14.0. The Balaban J connectivity index is 1.87. The molecular weight excluding hydrogens is 262 g/mol. The van der Waals surface area contributed by atoms with E-state index in [1.807, 2.05) is 43.4 Å². The van der Waals surface area contributed by atoms with E-state index in [1.54, 1.807) is 7.11 Å². The maximum absolute atomic E-state index is 6.19. The zero-order valence-electron chi connectivity index (χ0n) is 12.5. The Morgan fingerprint density at radius 2 is 1.86 bits per heavy atom. The summed E-state index contributed by atoms with van der Waals surface area (Å²) in [5, 5.41) is 3.40. The van der Waals surface area contributed by atoms with E-state index in [1.165, 1.54) is 11.1 Å². The zero-order valence-corrected chi connectivity index (χ0v) is 12.5. The van der Waals surface area contributed by atoms with Gasteiger partial charge in [0.1, 0.15) is 17.6 Å². The fourth-order valence-corrected chi connectivity index (χ4v) is 3.02. The van der Waals surface area contributed by atoms with Gasteiger partial charge in [0.2, 0.25) is 0 Å². The lowest BCUT2D eigenvalue weighted by Crippen LogP contribution is -2.37. The molecule has 21 heavy (non-hydrogen) atoms. The molecule has 0 saturated carbocycles. The highest BCUT2D eigenvalue weighted by Gasteiger charge is 2.30. The number of para-hydroxylation sites is 1. The van der Waals surface area contributed by atoms with Crippen LogP contribution in [0, 0.1) is 0 Å². The lowest BCUT2D eigenvalue weighted by Gasteiger charge is -2.34. The summed E-state index contributed by atoms with van der Waals surface area (Å²) in [5.41, 5.74) is 2.66. The van der Waals surface area contributed by atoms with Gasteiger partial charge in [-0.05, 0) is 55.3 Å². The molecule has 0 aromatic heterocycles. The first-order valence-electron chi connectivity index (χ1n) is 7.37. The number of hydrogen-bond donors (Lipinski definition) is 1. The van der Waals surface area contributed by atoms with Gasteiger partial charge in [0.05, 0.1) is 13.2 Å². The van der Waals surface area contributed by atoms with Crippen molar-refractivity contribution in [3.05, 3.63) is 59.7 Å². The van der Waals surface area contributed by atoms with Crippen LogP contribution >= 0.6 is 0 Å². The summed E-state index contributed by atoms with van der Waals surface area (Å²) in [5.74, 6) is 1.82. The Kier molecular flexibility index (Phi) is 4.11. The first-order chi connectivity index (χ1) is 10.3. The van der Waals surface area contributed by atoms with Crippen LogP contribution in [0.5, 0.6) is 11.5 Å². The largest absolute Gasteiger partial charge is 0.497 e. The second kappa shape index (κ2) is 6.19. The maximum Gasteiger partial charge on any atom is 0.119 e. The predicted molar refractivity (Wildman–Crippen MR) is 84.0 cm³/mol. The van der Waals surface area contributed by atoms with Gasteiger partial charge in [-0.25, -0.2) is 0 Å². The minimum atomic E-state index is 0.136. The van der Waals surface area contributed by atoms with E-state index in [9.17, 15) is 0 Å². The normalized spacial score (nSPS) is 20.7. The molecule has 0 saturated heterocycles. The van der Waals surface area contributed by atoms with E-state index in [-0.39, 0.29) is 12.1 Å². The molecule has 0 bridgehead atoms. The number of ether oxygens (including phenoxy) is 2. The molecule has 2 aromatic carbocycles. The highest BCUT2D eigenvalue weighted by Crippen LogP contribution is 2.34. The molecule has 1 N–H and O–H groups in total. The van der Waals surface area contributed by atoms with Gasteiger partial charge in [0.25, 0.3) is 0 Å². The topological polar surface area (TPSA) is 30.5 Å². The van der Waals surface area contributed by atoms with Gasteiger partial charge in [-0.1, -0.05) is 24.3 Å². The molecule has 1 aliphatic rings. The van der Waals surface area contributed by atoms with E-state index in [0.717, 1.165) is 24.3 Å². The molecule has 0 heterocycles. The van der Waals surface area contributed by atoms with Crippen molar-refractivity contribution in [1.29, 1.82) is 0 Å². The molecule has 2 atom stereocenters. The predicted octanol–water partition coefficient (Wildman–Crippen LogP) is 3.35. The number of rotatable bonds is 4. The molecule has 3 heteroatoms. The average molecular weight is 283 g/mol. The third-order valence-corrected chi connectivity index (χ3v) is 4.10. The fourth-order valence-electron chi connectivity index (χ4n) is 3.02. The number of nitrogens with one attached hydrogen (secondary N) is 1. The van der Waals surface area contributed by atoms with E-state index in [0.29, 0.717) is 0 Å². The molecule has 0 fully saturated rings. The van der Waals surface area contributed by atoms with Crippen molar-refractivity contribution in [2.24, 2.45) is 0 Å². The summed E-state index contributed by atoms with van der Waals surface area (Å²) in [6, 6.07) is 16.5. The van der Waals surface area contributed by atoms with Crippen LogP contribution in [0.25, 0.3) is 0 Å². The van der Waals surface area contributed by atoms with Crippen molar-refractivity contribution in [1.82, 2.24) is 5.32 Å². The summed E-state index contributed by atoms with van der Waals surface area (Å²) >= 11 is 0. The van der Waals surface area contributed by atoms with Gasteiger partial charge < -0.3 is 14.8 Å². The minimum Gasteiger partial charge on any atom is -0.497 e. The molecule has 0 spiro atoms. The lowest BCUT2D eigenvalue weighted by molar-refractivity contribution is 0.139. The van der Waals surface area contributed by atoms with Crippen LogP contribution in [0.15, 0.2) is 48.5 Å². The van der Waals surface area contributed by atoms with Gasteiger partial charge in [-0.3, -0.25) is 0 Å². The van der Waals surface area contributed by atoms with Crippen molar-refractivity contribution in [3.8, 4) is 11.5 Å². The molecule has 2 unspecified atom stereocenters. The molecule has 0 radical (unpaired) electrons. The number of likely N-dealkylation sites (N-methyl/N-ethyl adjacent to an activating group) is 1. The number of methoxy groups -OCH3 is 1. The van der Waals surface area contributed by atoms with E-state index >= 15 is 0 Å². The summed E-state index contributed by atoms with van der Waals surface area (Å²) in [6.45, 7) is 0. The molecule has 1 aliphatic carbocycles. The van der Waals surface area contributed by atoms with E-state index < -0.39 is 0 Å². The SMILES string of the molecule is CNC1c2cc(OC)ccc2CCC1Oc1ccccc1. The van der Waals surface area contributed by atoms with Crippen molar-refractivity contribution >= 4 is 0 Å². The third-order valence-electron chi connectivity index (χ3n) is 4.10. The van der Waals surface area contributed by atoms with Crippen LogP contribution in [0.4, 0.5) is 0 Å². The van der Waals surface area contributed by atoms with Crippen LogP contribution in [0.3, 0.4) is 0 Å². The van der Waals surface area contributed by atoms with Gasteiger partial charge in [0.15, 0.2) is 0 Å². The Bertz CT molecular complexity index is 597. The summed E-state index contributed by atoms with van der Waals surface area (Å²) in [6.07, 6.45) is 2.19. The Morgan fingerprint density at radius 3 is 2.57 bits per heavy atom. The summed E-state index contributed by atoms with van der Waals surface area (Å²) in [4.78, 5) is 0. The smallest absolute Gasteiger partial charge is 0.119 e. The van der Waals surface area contributed by atoms with Crippen LogP contribution in [0.2, 0.25) is 0 Å². The van der Waals surface area contributed by atoms with Crippen molar-refractivity contribution < 1.29 is 9.47 Å². The summed E-state index contributed by atoms with van der Waals surface area (Å²) < 4.78 is 11.5. The Labute approximate surface area is 125 Å². The first-order valence-corrected chi connectivity index (χ1v) is 7.37. The summed E-state index contributed by atoms with van der Waals surface area (Å²) in [7, 11) is 3.69. The van der Waals surface area contributed by atoms with Crippen LogP contribution in [-0.2, 0) is 6.42 Å². The third kappa shape index (κ3) is 2.88. The van der Waals surface area contributed by atoms with Crippen molar-refractivity contribution in [2.45, 2.75) is 25.0 Å². The van der Waals surface area contributed by atoms with Crippen LogP contribution in [-0.4, -0.2) is 20.3 Å². The minimum absolute atomic E-state index is 0.136. The van der Waals surface area contributed by atoms with Crippen LogP contribution in [0.1, 0.15) is 23.6 Å². The van der Waals surface area contributed by atoms with E-state index in [2.05, 4.69) is 17.4 Å². The monoisotopic (exact) mass is 283 g/mol. The average Bonchev–Trinajstić information content (AvgIpc) is 2.55. The molecule has 3 nitrogen and oxygen atoms in total. The number of aryl methyl sites for hydroxylation is 1. The standard InChI is InChI=1S/C18H21NO2/c1-19-18-16-12-15(20-2)10-8-13(16)9-11-17(18)21-14-6-4-3-5-7-14/h3-8,10,12,17-19H,9,11H2,1-2H3. The molecule has 0 amide bonds. The lowest BCUT2D eigenvalue weighted by atomic mass is 9.85. The highest BCUT2D eigenvalue weighted by molar-refractivity contribution is 5.40. The second-order valence-electron chi connectivity index (χ2n) is 5.34. The van der Waals surface area contributed by atoms with Gasteiger partial charge in [0, 0.05) is 0 Å². The molecular formula is C18H21NO2. The van der Waals surface area contributed by atoms with Gasteiger partial charge in [-0.2, -0.15) is 0 Å². The van der Waals surface area contributed by atoms with Gasteiger partial charge in [-0.15, -0.1) is 0 Å². The van der Waals surface area contributed by atoms with Crippen molar-refractivity contribution in [2.75, 3.05) is 14.2 Å². The number of fused-ring (bicyclic) bond motifs is 1. The van der Waals surface area contributed by atoms with E-state index in [4.69, 9.17) is 9.47 Å². The Hall–Kier alpha value is -2.00. The Morgan fingerprint density at radius 1 is 1.05 bits per heavy atom. The number of benzene rings is 2. The zero-order chi connectivity index (χ0) is 14.7. The number of hydrogen-bond acceptors (Lipinski definition) is 3. The maximum atomic E-state index is 6.19. The van der Waals surface area contributed by atoms with Crippen LogP contribution < -0.4 is 14.8 Å². The second-order valence-corrected chi connectivity index (χ2v) is 5.34. The molecule has 0 aliphatic heterocycles. The fraction of sp³-hybridized carbons (Fsp3) is 0.333. The highest BCUT2D eigenvalue weighted by atomic mass is 16.5. The molecule has 3 rings (SSSR count). The quantitative estimate of drug-likeness (QED) is 0.933. The van der Waals surface area contributed by atoms with Gasteiger partial charge >= 0.3 is 0 Å². The molecule has 110 valence electrons. The molecule has 2 aromatic rings.